The van der Waals surface area contributed by atoms with Crippen molar-refractivity contribution >= 4 is 23.8 Å². The number of hydrogen-bond donors (Lipinski definition) is 0. The van der Waals surface area contributed by atoms with Crippen molar-refractivity contribution in [2.45, 2.75) is 53.4 Å². The first-order chi connectivity index (χ1) is 11.7. The predicted octanol–water partition coefficient (Wildman–Crippen LogP) is 6.04. The molecule has 2 rings (SSSR count). The molecule has 0 saturated carbocycles. The molecule has 0 amide bonds. The smallest absolute Gasteiger partial charge is 0.0635 e. The Morgan fingerprint density at radius 3 is 1.08 bits per heavy atom. The second-order valence-corrected chi connectivity index (χ2v) is 5.99. The predicted molar refractivity (Wildman–Crippen MR) is 107 cm³/mol. The van der Waals surface area contributed by atoms with Crippen LogP contribution in [0.5, 0.6) is 0 Å². The van der Waals surface area contributed by atoms with Gasteiger partial charge in [-0.2, -0.15) is 0 Å². The van der Waals surface area contributed by atoms with Gasteiger partial charge in [-0.25, -0.2) is 0 Å². The van der Waals surface area contributed by atoms with Crippen LogP contribution < -0.4 is 0 Å². The Morgan fingerprint density at radius 2 is 0.840 bits per heavy atom. The van der Waals surface area contributed by atoms with E-state index in [0.29, 0.717) is 0 Å². The van der Waals surface area contributed by atoms with Crippen molar-refractivity contribution in [1.82, 2.24) is 0 Å². The molecular weight excluding hydrogens is 399 g/mol. The van der Waals surface area contributed by atoms with Crippen LogP contribution in [0.1, 0.15) is 49.9 Å². The van der Waals surface area contributed by atoms with E-state index in [1.807, 2.05) is 0 Å². The number of hydrogen-bond acceptors (Lipinski definition) is 2. The quantitative estimate of drug-likeness (QED) is 0.381. The number of rotatable bonds is 7. The van der Waals surface area contributed by atoms with Crippen LogP contribution in [0, 0.1) is 0 Å². The van der Waals surface area contributed by atoms with Gasteiger partial charge in [0.2, 0.25) is 0 Å². The van der Waals surface area contributed by atoms with E-state index >= 15 is 0 Å². The minimum atomic E-state index is 0. The molecule has 0 aliphatic heterocycles. The van der Waals surface area contributed by atoms with Crippen LogP contribution in [-0.2, 0) is 46.1 Å². The summed E-state index contributed by atoms with van der Waals surface area (Å²) in [5, 5.41) is 0. The Balaban J connectivity index is 0.00000312. The van der Waals surface area contributed by atoms with E-state index in [1.165, 1.54) is 22.3 Å². The van der Waals surface area contributed by atoms with Crippen LogP contribution in [-0.4, -0.2) is 12.4 Å². The number of aryl methyl sites for hydroxylation is 4. The van der Waals surface area contributed by atoms with Gasteiger partial charge in [0.15, 0.2) is 0 Å². The van der Waals surface area contributed by atoms with Gasteiger partial charge in [0.1, 0.15) is 0 Å². The summed E-state index contributed by atoms with van der Waals surface area (Å²) >= 11 is 0. The van der Waals surface area contributed by atoms with Crippen LogP contribution in [0.15, 0.2) is 46.4 Å². The molecule has 0 spiro atoms. The summed E-state index contributed by atoms with van der Waals surface area (Å²) in [6.45, 7) is 8.71. The zero-order chi connectivity index (χ0) is 17.4. The molecule has 3 heteroatoms. The third-order valence-electron chi connectivity index (χ3n) is 4.22. The molecule has 0 radical (unpaired) electrons. The molecule has 0 aliphatic carbocycles. The van der Waals surface area contributed by atoms with Crippen molar-refractivity contribution in [2.24, 2.45) is 9.98 Å². The summed E-state index contributed by atoms with van der Waals surface area (Å²) < 4.78 is 0. The van der Waals surface area contributed by atoms with Crippen LogP contribution in [0.4, 0.5) is 11.4 Å². The first-order valence-corrected chi connectivity index (χ1v) is 9.00. The third kappa shape index (κ3) is 6.69. The standard InChI is InChI=1S/C22H28N2.Pd/c1-5-17-11-18(6-2)14-21(13-17)23-9-10-24-22-15-19(7-3)12-20(8-4)16-22;/h9-16H,5-8H2,1-4H3;. The van der Waals surface area contributed by atoms with Gasteiger partial charge in [-0.1, -0.05) is 39.8 Å². The van der Waals surface area contributed by atoms with Gasteiger partial charge in [-0.15, -0.1) is 0 Å². The van der Waals surface area contributed by atoms with E-state index in [1.54, 1.807) is 12.4 Å². The molecule has 0 N–H and O–H groups in total. The Kier molecular flexibility index (Phi) is 9.57. The number of benzene rings is 2. The van der Waals surface area contributed by atoms with Crippen molar-refractivity contribution in [2.75, 3.05) is 0 Å². The molecule has 0 aromatic heterocycles. The zero-order valence-corrected chi connectivity index (χ0v) is 17.2. The number of nitrogens with zero attached hydrogens (tertiary/aromatic N) is 2. The van der Waals surface area contributed by atoms with Crippen molar-refractivity contribution in [3.8, 4) is 0 Å². The van der Waals surface area contributed by atoms with E-state index in [0.717, 1.165) is 37.1 Å². The van der Waals surface area contributed by atoms with Crippen molar-refractivity contribution in [3.05, 3.63) is 58.7 Å². The minimum Gasteiger partial charge on any atom is -0.255 e. The summed E-state index contributed by atoms with van der Waals surface area (Å²) in [5.41, 5.74) is 7.36. The van der Waals surface area contributed by atoms with Crippen molar-refractivity contribution in [1.29, 1.82) is 0 Å². The Hall–Kier alpha value is -1.56. The molecule has 2 aromatic carbocycles. The van der Waals surface area contributed by atoms with Gasteiger partial charge >= 0.3 is 0 Å². The summed E-state index contributed by atoms with van der Waals surface area (Å²) in [7, 11) is 0. The molecule has 0 unspecified atom stereocenters. The van der Waals surface area contributed by atoms with Gasteiger partial charge in [-0.3, -0.25) is 9.98 Å². The Bertz CT molecular complexity index is 625. The topological polar surface area (TPSA) is 24.7 Å². The normalized spacial score (nSPS) is 11.2. The average Bonchev–Trinajstić information content (AvgIpc) is 2.64. The SMILES string of the molecule is CCc1cc(CC)cc(N=CC=Nc2cc(CC)cc(CC)c2)c1.[Pd]. The van der Waals surface area contributed by atoms with Crippen molar-refractivity contribution in [3.63, 3.8) is 0 Å². The molecule has 136 valence electrons. The summed E-state index contributed by atoms with van der Waals surface area (Å²) in [5.74, 6) is 0. The van der Waals surface area contributed by atoms with E-state index in [4.69, 9.17) is 0 Å². The molecule has 25 heavy (non-hydrogen) atoms. The minimum absolute atomic E-state index is 0. The van der Waals surface area contributed by atoms with Crippen LogP contribution in [0.3, 0.4) is 0 Å². The maximum absolute atomic E-state index is 4.55. The van der Waals surface area contributed by atoms with E-state index in [2.05, 4.69) is 74.1 Å². The first kappa shape index (κ1) is 21.5. The van der Waals surface area contributed by atoms with Gasteiger partial charge < -0.3 is 0 Å². The second kappa shape index (κ2) is 11.1. The molecule has 0 bridgehead atoms. The maximum atomic E-state index is 4.55. The monoisotopic (exact) mass is 426 g/mol. The molecule has 0 fully saturated rings. The molecule has 2 nitrogen and oxygen atoms in total. The molecule has 0 heterocycles. The number of aliphatic imine (C=N–C) groups is 2. The van der Waals surface area contributed by atoms with Crippen LogP contribution in [0.25, 0.3) is 0 Å². The summed E-state index contributed by atoms with van der Waals surface area (Å²) in [6.07, 6.45) is 7.72. The molecular formula is C22H28N2Pd. The van der Waals surface area contributed by atoms with Crippen LogP contribution >= 0.6 is 0 Å². The fourth-order valence-electron chi connectivity index (χ4n) is 2.69. The van der Waals surface area contributed by atoms with E-state index < -0.39 is 0 Å². The molecule has 0 aliphatic rings. The van der Waals surface area contributed by atoms with Crippen LogP contribution in [0.2, 0.25) is 0 Å². The fraction of sp³-hybridized carbons (Fsp3) is 0.364. The molecule has 0 atom stereocenters. The molecule has 2 aromatic rings. The third-order valence-corrected chi connectivity index (χ3v) is 4.22. The maximum Gasteiger partial charge on any atom is 0.0635 e. The zero-order valence-electron chi connectivity index (χ0n) is 15.7. The Labute approximate surface area is 166 Å². The Morgan fingerprint density at radius 1 is 0.560 bits per heavy atom. The van der Waals surface area contributed by atoms with Gasteiger partial charge in [0.25, 0.3) is 0 Å². The second-order valence-electron chi connectivity index (χ2n) is 5.99. The first-order valence-electron chi connectivity index (χ1n) is 9.00. The largest absolute Gasteiger partial charge is 0.255 e. The average molecular weight is 427 g/mol. The van der Waals surface area contributed by atoms with Crippen molar-refractivity contribution < 1.29 is 20.4 Å². The van der Waals surface area contributed by atoms with E-state index in [9.17, 15) is 0 Å². The fourth-order valence-corrected chi connectivity index (χ4v) is 2.69. The summed E-state index contributed by atoms with van der Waals surface area (Å²) in [4.78, 5) is 9.10. The summed E-state index contributed by atoms with van der Waals surface area (Å²) in [6, 6.07) is 13.1. The van der Waals surface area contributed by atoms with Gasteiger partial charge in [-0.05, 0) is 72.2 Å². The van der Waals surface area contributed by atoms with Gasteiger partial charge in [0, 0.05) is 32.9 Å². The van der Waals surface area contributed by atoms with E-state index in [-0.39, 0.29) is 20.4 Å². The molecule has 0 saturated heterocycles. The van der Waals surface area contributed by atoms with Gasteiger partial charge in [0.05, 0.1) is 11.4 Å².